The summed E-state index contributed by atoms with van der Waals surface area (Å²) in [6, 6.07) is 0. The molecule has 0 aliphatic heterocycles. The van der Waals surface area contributed by atoms with E-state index in [0.717, 1.165) is 77.0 Å². The van der Waals surface area contributed by atoms with Gasteiger partial charge < -0.3 is 15.2 Å². The van der Waals surface area contributed by atoms with Gasteiger partial charge in [0, 0.05) is 12.8 Å². The molecule has 46 heavy (non-hydrogen) atoms. The second-order valence-electron chi connectivity index (χ2n) is 12.8. The van der Waals surface area contributed by atoms with E-state index in [-0.39, 0.29) is 24.5 Å². The Morgan fingerprint density at radius 2 is 1.00 bits per heavy atom. The fourth-order valence-electron chi connectivity index (χ4n) is 5.46. The topological polar surface area (TPSA) is 92.7 Å². The van der Waals surface area contributed by atoms with E-state index in [4.69, 9.17) is 9.84 Å². The molecule has 0 bridgehead atoms. The molecule has 1 amide bonds. The van der Waals surface area contributed by atoms with Gasteiger partial charge in [0.05, 0.1) is 0 Å². The van der Waals surface area contributed by atoms with Crippen molar-refractivity contribution in [2.45, 2.75) is 193 Å². The number of carboxylic acid groups (broad SMARTS) is 1. The van der Waals surface area contributed by atoms with Crippen molar-refractivity contribution in [2.75, 3.05) is 6.54 Å². The van der Waals surface area contributed by atoms with Gasteiger partial charge in [-0.15, -0.1) is 0 Å². The quantitative estimate of drug-likeness (QED) is 0.0412. The van der Waals surface area contributed by atoms with E-state index in [1.165, 1.54) is 83.5 Å². The molecule has 0 heterocycles. The predicted octanol–water partition coefficient (Wildman–Crippen LogP) is 11.3. The Morgan fingerprint density at radius 3 is 1.57 bits per heavy atom. The van der Waals surface area contributed by atoms with Crippen LogP contribution in [0.2, 0.25) is 0 Å². The number of aliphatic carboxylic acids is 1. The third-order valence-electron chi connectivity index (χ3n) is 8.31. The monoisotopic (exact) mass is 646 g/mol. The molecular formula is C40H71NO5. The van der Waals surface area contributed by atoms with Crippen LogP contribution in [-0.2, 0) is 19.1 Å². The Bertz CT molecular complexity index is 803. The normalized spacial score (nSPS) is 12.4. The SMILES string of the molecule is CCCCC/C=C\C/C=C\C/C=C\CCCCCCCCC(=O)OC(CCCCCCCC)CCCCCCC(=O)NCC(=O)O. The van der Waals surface area contributed by atoms with Crippen LogP contribution in [0.4, 0.5) is 0 Å². The molecule has 0 radical (unpaired) electrons. The van der Waals surface area contributed by atoms with Crippen molar-refractivity contribution >= 4 is 17.8 Å². The molecule has 0 fully saturated rings. The van der Waals surface area contributed by atoms with E-state index in [2.05, 4.69) is 55.6 Å². The Balaban J connectivity index is 3.99. The molecule has 266 valence electrons. The van der Waals surface area contributed by atoms with Crippen molar-refractivity contribution in [3.8, 4) is 0 Å². The van der Waals surface area contributed by atoms with Crippen LogP contribution in [0, 0.1) is 0 Å². The lowest BCUT2D eigenvalue weighted by molar-refractivity contribution is -0.150. The van der Waals surface area contributed by atoms with Crippen molar-refractivity contribution in [3.63, 3.8) is 0 Å². The third kappa shape index (κ3) is 34.5. The van der Waals surface area contributed by atoms with Crippen molar-refractivity contribution in [1.29, 1.82) is 0 Å². The molecule has 6 nitrogen and oxygen atoms in total. The fraction of sp³-hybridized carbons (Fsp3) is 0.775. The molecule has 0 spiro atoms. The molecule has 1 unspecified atom stereocenters. The highest BCUT2D eigenvalue weighted by atomic mass is 16.5. The van der Waals surface area contributed by atoms with E-state index < -0.39 is 5.97 Å². The molecule has 0 aromatic rings. The maximum Gasteiger partial charge on any atom is 0.322 e. The Hall–Kier alpha value is -2.37. The van der Waals surface area contributed by atoms with Gasteiger partial charge in [-0.2, -0.15) is 0 Å². The van der Waals surface area contributed by atoms with Crippen molar-refractivity contribution in [1.82, 2.24) is 5.32 Å². The smallest absolute Gasteiger partial charge is 0.322 e. The molecule has 0 saturated carbocycles. The Morgan fingerprint density at radius 1 is 0.565 bits per heavy atom. The zero-order valence-electron chi connectivity index (χ0n) is 29.9. The first-order valence-electron chi connectivity index (χ1n) is 19.1. The molecule has 0 aliphatic rings. The molecular weight excluding hydrogens is 574 g/mol. The van der Waals surface area contributed by atoms with E-state index in [9.17, 15) is 14.4 Å². The van der Waals surface area contributed by atoms with Gasteiger partial charge in [0.15, 0.2) is 0 Å². The van der Waals surface area contributed by atoms with E-state index >= 15 is 0 Å². The number of unbranched alkanes of at least 4 members (excludes halogenated alkanes) is 17. The molecule has 6 heteroatoms. The minimum atomic E-state index is -1.02. The predicted molar refractivity (Wildman–Crippen MR) is 194 cm³/mol. The van der Waals surface area contributed by atoms with Gasteiger partial charge in [0.2, 0.25) is 5.91 Å². The van der Waals surface area contributed by atoms with Crippen LogP contribution in [0.1, 0.15) is 187 Å². The number of carboxylic acids is 1. The average molecular weight is 646 g/mol. The maximum atomic E-state index is 12.6. The lowest BCUT2D eigenvalue weighted by atomic mass is 10.0. The summed E-state index contributed by atoms with van der Waals surface area (Å²) < 4.78 is 5.94. The molecule has 0 aromatic carbocycles. The number of amides is 1. The number of hydrogen-bond donors (Lipinski definition) is 2. The van der Waals surface area contributed by atoms with Gasteiger partial charge >= 0.3 is 11.9 Å². The molecule has 1 atom stereocenters. The minimum absolute atomic E-state index is 0.00163. The Labute approximate surface area is 283 Å². The van der Waals surface area contributed by atoms with Crippen LogP contribution in [0.3, 0.4) is 0 Å². The highest BCUT2D eigenvalue weighted by molar-refractivity contribution is 5.80. The van der Waals surface area contributed by atoms with Gasteiger partial charge in [-0.1, -0.05) is 134 Å². The maximum absolute atomic E-state index is 12.6. The van der Waals surface area contributed by atoms with Gasteiger partial charge in [-0.3, -0.25) is 14.4 Å². The second-order valence-corrected chi connectivity index (χ2v) is 12.8. The number of esters is 1. The van der Waals surface area contributed by atoms with Crippen LogP contribution in [0.5, 0.6) is 0 Å². The highest BCUT2D eigenvalue weighted by Gasteiger charge is 2.14. The summed E-state index contributed by atoms with van der Waals surface area (Å²) in [4.78, 5) is 34.8. The molecule has 0 aliphatic carbocycles. The minimum Gasteiger partial charge on any atom is -0.480 e. The summed E-state index contributed by atoms with van der Waals surface area (Å²) in [5.41, 5.74) is 0. The van der Waals surface area contributed by atoms with Crippen LogP contribution in [0.15, 0.2) is 36.5 Å². The summed E-state index contributed by atoms with van der Waals surface area (Å²) in [5, 5.41) is 11.0. The van der Waals surface area contributed by atoms with Gasteiger partial charge in [-0.05, 0) is 77.0 Å². The standard InChI is InChI=1S/C40H71NO5/c1-3-5-7-9-11-12-13-14-15-16-17-18-19-20-21-22-23-25-31-35-40(45)46-37(32-28-24-10-8-6-4-2)33-29-26-27-30-34-38(42)41-36-39(43)44/h11-12,14-15,17-18,37H,3-10,13,16,19-36H2,1-2H3,(H,41,42)(H,43,44)/b12-11-,15-14-,18-17-. The number of allylic oxidation sites excluding steroid dienone is 6. The number of rotatable bonds is 34. The first-order chi connectivity index (χ1) is 22.5. The van der Waals surface area contributed by atoms with Crippen LogP contribution in [0.25, 0.3) is 0 Å². The van der Waals surface area contributed by atoms with Crippen LogP contribution >= 0.6 is 0 Å². The summed E-state index contributed by atoms with van der Waals surface area (Å²) >= 11 is 0. The fourth-order valence-corrected chi connectivity index (χ4v) is 5.46. The highest BCUT2D eigenvalue weighted by Crippen LogP contribution is 2.18. The number of carbonyl (C=O) groups is 3. The lowest BCUT2D eigenvalue weighted by Gasteiger charge is -2.18. The first-order valence-corrected chi connectivity index (χ1v) is 19.1. The van der Waals surface area contributed by atoms with Crippen LogP contribution < -0.4 is 5.32 Å². The molecule has 0 rings (SSSR count). The van der Waals surface area contributed by atoms with Gasteiger partial charge in [0.1, 0.15) is 12.6 Å². The van der Waals surface area contributed by atoms with Crippen LogP contribution in [-0.4, -0.2) is 35.6 Å². The number of hydrogen-bond acceptors (Lipinski definition) is 4. The molecule has 0 aromatic heterocycles. The molecule has 2 N–H and O–H groups in total. The Kier molecular flexibility index (Phi) is 33.7. The second kappa shape index (κ2) is 35.5. The van der Waals surface area contributed by atoms with Gasteiger partial charge in [0.25, 0.3) is 0 Å². The van der Waals surface area contributed by atoms with Crippen molar-refractivity contribution < 1.29 is 24.2 Å². The lowest BCUT2D eigenvalue weighted by Crippen LogP contribution is -2.28. The zero-order chi connectivity index (χ0) is 33.8. The number of nitrogens with one attached hydrogen (secondary N) is 1. The zero-order valence-corrected chi connectivity index (χ0v) is 29.9. The number of carbonyl (C=O) groups excluding carboxylic acids is 2. The summed E-state index contributed by atoms with van der Waals surface area (Å²) in [5.74, 6) is -1.28. The third-order valence-corrected chi connectivity index (χ3v) is 8.31. The molecule has 0 saturated heterocycles. The van der Waals surface area contributed by atoms with Crippen molar-refractivity contribution in [3.05, 3.63) is 36.5 Å². The van der Waals surface area contributed by atoms with E-state index in [1.54, 1.807) is 0 Å². The largest absolute Gasteiger partial charge is 0.480 e. The summed E-state index contributed by atoms with van der Waals surface area (Å²) in [7, 11) is 0. The average Bonchev–Trinajstić information content (AvgIpc) is 3.04. The summed E-state index contributed by atoms with van der Waals surface area (Å²) in [6.07, 6.45) is 42.7. The van der Waals surface area contributed by atoms with Gasteiger partial charge in [-0.25, -0.2) is 0 Å². The van der Waals surface area contributed by atoms with E-state index in [0.29, 0.717) is 12.8 Å². The summed E-state index contributed by atoms with van der Waals surface area (Å²) in [6.45, 7) is 4.15. The van der Waals surface area contributed by atoms with E-state index in [1.807, 2.05) is 0 Å². The first kappa shape index (κ1) is 43.6. The number of ether oxygens (including phenoxy) is 1. The van der Waals surface area contributed by atoms with Crippen molar-refractivity contribution in [2.24, 2.45) is 0 Å².